The lowest BCUT2D eigenvalue weighted by Crippen LogP contribution is -2.20. The lowest BCUT2D eigenvalue weighted by molar-refractivity contribution is -0.136. The van der Waals surface area contributed by atoms with Gasteiger partial charge in [0.1, 0.15) is 0 Å². The van der Waals surface area contributed by atoms with Gasteiger partial charge in [0.15, 0.2) is 0 Å². The van der Waals surface area contributed by atoms with Crippen LogP contribution < -0.4 is 0 Å². The highest BCUT2D eigenvalue weighted by atomic mass is 16.6. The Balaban J connectivity index is 1.92. The highest BCUT2D eigenvalue weighted by molar-refractivity contribution is 5.88. The highest BCUT2D eigenvalue weighted by Gasteiger charge is 2.45. The van der Waals surface area contributed by atoms with Crippen LogP contribution in [0.5, 0.6) is 0 Å². The Morgan fingerprint density at radius 1 is 1.46 bits per heavy atom. The summed E-state index contributed by atoms with van der Waals surface area (Å²) in [5.74, 6) is 0.000278. The van der Waals surface area contributed by atoms with Crippen molar-refractivity contribution in [3.63, 3.8) is 0 Å². The number of fused-ring (bicyclic) bond motifs is 1. The SMILES string of the molecule is C=C(C(=O)OC)C1CCC2OC2C1. The minimum Gasteiger partial charge on any atom is -0.466 e. The summed E-state index contributed by atoms with van der Waals surface area (Å²) in [7, 11) is 1.40. The van der Waals surface area contributed by atoms with E-state index in [9.17, 15) is 4.79 Å². The number of rotatable bonds is 2. The van der Waals surface area contributed by atoms with Gasteiger partial charge in [0.05, 0.1) is 19.3 Å². The Morgan fingerprint density at radius 3 is 2.85 bits per heavy atom. The fraction of sp³-hybridized carbons (Fsp3) is 0.700. The maximum Gasteiger partial charge on any atom is 0.333 e. The zero-order valence-electron chi connectivity index (χ0n) is 7.79. The fourth-order valence-electron chi connectivity index (χ4n) is 2.02. The molecule has 2 fully saturated rings. The van der Waals surface area contributed by atoms with Gasteiger partial charge in [-0.3, -0.25) is 0 Å². The van der Waals surface area contributed by atoms with E-state index in [0.717, 1.165) is 19.3 Å². The van der Waals surface area contributed by atoms with Crippen LogP contribution in [-0.4, -0.2) is 25.3 Å². The summed E-state index contributed by atoms with van der Waals surface area (Å²) in [6, 6.07) is 0. The van der Waals surface area contributed by atoms with Crippen molar-refractivity contribution in [2.45, 2.75) is 31.5 Å². The van der Waals surface area contributed by atoms with E-state index in [4.69, 9.17) is 4.74 Å². The van der Waals surface area contributed by atoms with Crippen LogP contribution in [-0.2, 0) is 14.3 Å². The molecule has 1 saturated heterocycles. The minimum atomic E-state index is -0.274. The van der Waals surface area contributed by atoms with Crippen molar-refractivity contribution in [3.8, 4) is 0 Å². The Hall–Kier alpha value is -0.830. The summed E-state index contributed by atoms with van der Waals surface area (Å²) in [4.78, 5) is 11.2. The van der Waals surface area contributed by atoms with Gasteiger partial charge in [0.2, 0.25) is 0 Å². The van der Waals surface area contributed by atoms with Crippen molar-refractivity contribution in [2.24, 2.45) is 5.92 Å². The Morgan fingerprint density at radius 2 is 2.23 bits per heavy atom. The standard InChI is InChI=1S/C10H14O3/c1-6(10(11)12-2)7-3-4-8-9(5-7)13-8/h7-9H,1,3-5H2,2H3. The fourth-order valence-corrected chi connectivity index (χ4v) is 2.02. The van der Waals surface area contributed by atoms with E-state index in [1.165, 1.54) is 7.11 Å². The van der Waals surface area contributed by atoms with Crippen LogP contribution in [0.15, 0.2) is 12.2 Å². The Bertz CT molecular complexity index is 247. The number of hydrogen-bond donors (Lipinski definition) is 0. The maximum absolute atomic E-state index is 11.2. The molecule has 3 atom stereocenters. The molecular formula is C10H14O3. The largest absolute Gasteiger partial charge is 0.466 e. The first-order valence-electron chi connectivity index (χ1n) is 4.65. The molecule has 72 valence electrons. The first kappa shape index (κ1) is 8.75. The van der Waals surface area contributed by atoms with Crippen molar-refractivity contribution in [1.82, 2.24) is 0 Å². The van der Waals surface area contributed by atoms with E-state index in [1.807, 2.05) is 0 Å². The molecular weight excluding hydrogens is 168 g/mol. The van der Waals surface area contributed by atoms with Crippen molar-refractivity contribution < 1.29 is 14.3 Å². The number of methoxy groups -OCH3 is 1. The third-order valence-electron chi connectivity index (χ3n) is 2.94. The maximum atomic E-state index is 11.2. The first-order valence-corrected chi connectivity index (χ1v) is 4.65. The van der Waals surface area contributed by atoms with E-state index in [0.29, 0.717) is 17.8 Å². The molecule has 0 bridgehead atoms. The second kappa shape index (κ2) is 3.14. The van der Waals surface area contributed by atoms with E-state index in [2.05, 4.69) is 11.3 Å². The van der Waals surface area contributed by atoms with Crippen LogP contribution in [0.25, 0.3) is 0 Å². The summed E-state index contributed by atoms with van der Waals surface area (Å²) in [5.41, 5.74) is 0.608. The number of carbonyl (C=O) groups excluding carboxylic acids is 1. The van der Waals surface area contributed by atoms with Gasteiger partial charge < -0.3 is 9.47 Å². The van der Waals surface area contributed by atoms with Gasteiger partial charge in [0.25, 0.3) is 0 Å². The smallest absolute Gasteiger partial charge is 0.333 e. The highest BCUT2D eigenvalue weighted by Crippen LogP contribution is 2.41. The molecule has 1 aliphatic heterocycles. The predicted molar refractivity (Wildman–Crippen MR) is 47.2 cm³/mol. The third-order valence-corrected chi connectivity index (χ3v) is 2.94. The molecule has 3 unspecified atom stereocenters. The molecule has 1 heterocycles. The zero-order chi connectivity index (χ0) is 9.42. The van der Waals surface area contributed by atoms with Crippen LogP contribution in [0, 0.1) is 5.92 Å². The molecule has 1 aliphatic carbocycles. The summed E-state index contributed by atoms with van der Waals surface area (Å²) < 4.78 is 10.0. The van der Waals surface area contributed by atoms with Gasteiger partial charge in [-0.1, -0.05) is 6.58 Å². The van der Waals surface area contributed by atoms with Gasteiger partial charge in [-0.25, -0.2) is 4.79 Å². The van der Waals surface area contributed by atoms with Crippen LogP contribution >= 0.6 is 0 Å². The number of hydrogen-bond acceptors (Lipinski definition) is 3. The second-order valence-corrected chi connectivity index (χ2v) is 3.74. The van der Waals surface area contributed by atoms with Crippen LogP contribution in [0.3, 0.4) is 0 Å². The van der Waals surface area contributed by atoms with Crippen LogP contribution in [0.1, 0.15) is 19.3 Å². The van der Waals surface area contributed by atoms with Crippen molar-refractivity contribution in [1.29, 1.82) is 0 Å². The lowest BCUT2D eigenvalue weighted by atomic mass is 9.84. The van der Waals surface area contributed by atoms with Gasteiger partial charge in [-0.2, -0.15) is 0 Å². The molecule has 0 aromatic heterocycles. The summed E-state index contributed by atoms with van der Waals surface area (Å²) in [5, 5.41) is 0. The monoisotopic (exact) mass is 182 g/mol. The van der Waals surface area contributed by atoms with E-state index >= 15 is 0 Å². The third kappa shape index (κ3) is 1.61. The molecule has 3 heteroatoms. The molecule has 2 rings (SSSR count). The van der Waals surface area contributed by atoms with Gasteiger partial charge >= 0.3 is 5.97 Å². The molecule has 0 spiro atoms. The number of ether oxygens (including phenoxy) is 2. The minimum absolute atomic E-state index is 0.274. The normalized spacial score (nSPS) is 36.2. The topological polar surface area (TPSA) is 38.8 Å². The average Bonchev–Trinajstić information content (AvgIpc) is 2.92. The van der Waals surface area contributed by atoms with Crippen LogP contribution in [0.2, 0.25) is 0 Å². The number of esters is 1. The van der Waals surface area contributed by atoms with E-state index < -0.39 is 0 Å². The first-order chi connectivity index (χ1) is 6.22. The molecule has 13 heavy (non-hydrogen) atoms. The summed E-state index contributed by atoms with van der Waals surface area (Å²) >= 11 is 0. The predicted octanol–water partition coefficient (Wildman–Crippen LogP) is 1.28. The second-order valence-electron chi connectivity index (χ2n) is 3.74. The number of carbonyl (C=O) groups is 1. The molecule has 0 aromatic rings. The molecule has 1 saturated carbocycles. The average molecular weight is 182 g/mol. The molecule has 0 N–H and O–H groups in total. The summed E-state index contributed by atoms with van der Waals surface area (Å²) in [6.07, 6.45) is 3.88. The zero-order valence-corrected chi connectivity index (χ0v) is 7.79. The van der Waals surface area contributed by atoms with Gasteiger partial charge in [-0.05, 0) is 25.2 Å². The Kier molecular flexibility index (Phi) is 2.12. The number of epoxide rings is 1. The van der Waals surface area contributed by atoms with Crippen molar-refractivity contribution in [3.05, 3.63) is 12.2 Å². The van der Waals surface area contributed by atoms with E-state index in [1.54, 1.807) is 0 Å². The Labute approximate surface area is 77.7 Å². The molecule has 0 radical (unpaired) electrons. The van der Waals surface area contributed by atoms with Gasteiger partial charge in [0, 0.05) is 5.57 Å². The molecule has 0 aromatic carbocycles. The van der Waals surface area contributed by atoms with Gasteiger partial charge in [-0.15, -0.1) is 0 Å². The lowest BCUT2D eigenvalue weighted by Gasteiger charge is -2.19. The van der Waals surface area contributed by atoms with Crippen molar-refractivity contribution >= 4 is 5.97 Å². The molecule has 0 amide bonds. The molecule has 2 aliphatic rings. The van der Waals surface area contributed by atoms with Crippen molar-refractivity contribution in [2.75, 3.05) is 7.11 Å². The van der Waals surface area contributed by atoms with E-state index in [-0.39, 0.29) is 11.9 Å². The van der Waals surface area contributed by atoms with Crippen LogP contribution in [0.4, 0.5) is 0 Å². The summed E-state index contributed by atoms with van der Waals surface area (Å²) in [6.45, 7) is 3.77. The quantitative estimate of drug-likeness (QED) is 0.367. The molecule has 3 nitrogen and oxygen atoms in total.